The topological polar surface area (TPSA) is 64.4 Å². The van der Waals surface area contributed by atoms with Gasteiger partial charge in [0.05, 0.1) is 5.41 Å². The van der Waals surface area contributed by atoms with Crippen molar-refractivity contribution in [2.24, 2.45) is 17.1 Å². The average molecular weight is 305 g/mol. The van der Waals surface area contributed by atoms with Gasteiger partial charge in [-0.3, -0.25) is 4.79 Å². The maximum absolute atomic E-state index is 12.6. The summed E-state index contributed by atoms with van der Waals surface area (Å²) in [5.41, 5.74) is 5.50. The number of ether oxygens (including phenoxy) is 1. The van der Waals surface area contributed by atoms with Crippen molar-refractivity contribution in [3.63, 3.8) is 0 Å². The van der Waals surface area contributed by atoms with Crippen LogP contribution in [0, 0.1) is 11.3 Å². The largest absolute Gasteiger partial charge is 0.381 e. The quantitative estimate of drug-likeness (QED) is 0.837. The molecule has 0 spiro atoms. The standard InChI is InChI=1S/C15H28N2O2.ClH/c1-2-12-4-3-5-13(10-12)17-14(18)15(11-16)6-8-19-9-7-15;/h12-13H,2-11,16H2,1H3,(H,17,18);1H. The van der Waals surface area contributed by atoms with Gasteiger partial charge in [-0.15, -0.1) is 12.4 Å². The van der Waals surface area contributed by atoms with Crippen LogP contribution in [0.25, 0.3) is 0 Å². The predicted molar refractivity (Wildman–Crippen MR) is 83.0 cm³/mol. The summed E-state index contributed by atoms with van der Waals surface area (Å²) in [6.45, 7) is 4.00. The average Bonchev–Trinajstić information content (AvgIpc) is 2.48. The molecule has 2 atom stereocenters. The molecule has 1 aliphatic heterocycles. The minimum Gasteiger partial charge on any atom is -0.381 e. The lowest BCUT2D eigenvalue weighted by molar-refractivity contribution is -0.137. The summed E-state index contributed by atoms with van der Waals surface area (Å²) >= 11 is 0. The van der Waals surface area contributed by atoms with Gasteiger partial charge in [-0.2, -0.15) is 0 Å². The van der Waals surface area contributed by atoms with Gasteiger partial charge in [0, 0.05) is 25.8 Å². The molecule has 0 aromatic carbocycles. The van der Waals surface area contributed by atoms with Crippen molar-refractivity contribution in [2.75, 3.05) is 19.8 Å². The van der Waals surface area contributed by atoms with E-state index in [1.165, 1.54) is 19.3 Å². The van der Waals surface area contributed by atoms with Crippen LogP contribution in [0.15, 0.2) is 0 Å². The molecule has 0 radical (unpaired) electrons. The first-order chi connectivity index (χ1) is 9.20. The second kappa shape index (κ2) is 8.20. The molecule has 118 valence electrons. The summed E-state index contributed by atoms with van der Waals surface area (Å²) in [5.74, 6) is 0.947. The van der Waals surface area contributed by atoms with E-state index in [0.29, 0.717) is 25.8 Å². The first-order valence-corrected chi connectivity index (χ1v) is 7.79. The van der Waals surface area contributed by atoms with Gasteiger partial charge < -0.3 is 15.8 Å². The van der Waals surface area contributed by atoms with E-state index in [-0.39, 0.29) is 23.7 Å². The van der Waals surface area contributed by atoms with Crippen LogP contribution in [0.2, 0.25) is 0 Å². The smallest absolute Gasteiger partial charge is 0.227 e. The van der Waals surface area contributed by atoms with Crippen molar-refractivity contribution in [1.29, 1.82) is 0 Å². The zero-order valence-electron chi connectivity index (χ0n) is 12.5. The molecule has 1 aliphatic carbocycles. The van der Waals surface area contributed by atoms with E-state index in [1.54, 1.807) is 0 Å². The van der Waals surface area contributed by atoms with Crippen LogP contribution >= 0.6 is 12.4 Å². The Morgan fingerprint density at radius 3 is 2.65 bits per heavy atom. The van der Waals surface area contributed by atoms with E-state index in [2.05, 4.69) is 12.2 Å². The molecule has 4 nitrogen and oxygen atoms in total. The molecule has 20 heavy (non-hydrogen) atoms. The number of hydrogen-bond acceptors (Lipinski definition) is 3. The Bertz CT molecular complexity index is 306. The lowest BCUT2D eigenvalue weighted by atomic mass is 9.78. The number of nitrogens with two attached hydrogens (primary N) is 1. The molecule has 2 fully saturated rings. The van der Waals surface area contributed by atoms with Crippen molar-refractivity contribution >= 4 is 18.3 Å². The van der Waals surface area contributed by atoms with Gasteiger partial charge in [-0.25, -0.2) is 0 Å². The van der Waals surface area contributed by atoms with Crippen LogP contribution in [0.1, 0.15) is 51.9 Å². The highest BCUT2D eigenvalue weighted by Gasteiger charge is 2.39. The Morgan fingerprint density at radius 2 is 2.05 bits per heavy atom. The van der Waals surface area contributed by atoms with Crippen LogP contribution in [0.5, 0.6) is 0 Å². The Kier molecular flexibility index (Phi) is 7.27. The van der Waals surface area contributed by atoms with Crippen molar-refractivity contribution in [3.8, 4) is 0 Å². The van der Waals surface area contributed by atoms with Gasteiger partial charge >= 0.3 is 0 Å². The van der Waals surface area contributed by atoms with Gasteiger partial charge in [0.1, 0.15) is 0 Å². The van der Waals surface area contributed by atoms with Crippen molar-refractivity contribution < 1.29 is 9.53 Å². The first kappa shape index (κ1) is 17.7. The molecule has 2 aliphatic rings. The molecule has 1 saturated carbocycles. The third-order valence-corrected chi connectivity index (χ3v) is 5.02. The van der Waals surface area contributed by atoms with Crippen LogP contribution in [-0.4, -0.2) is 31.7 Å². The summed E-state index contributed by atoms with van der Waals surface area (Å²) in [5, 5.41) is 3.27. The van der Waals surface area contributed by atoms with Gasteiger partial charge in [0.2, 0.25) is 5.91 Å². The lowest BCUT2D eigenvalue weighted by Crippen LogP contribution is -2.52. The molecule has 1 saturated heterocycles. The Hall–Kier alpha value is -0.320. The van der Waals surface area contributed by atoms with E-state index in [1.807, 2.05) is 0 Å². The summed E-state index contributed by atoms with van der Waals surface area (Å²) in [4.78, 5) is 12.6. The van der Waals surface area contributed by atoms with Gasteiger partial charge in [-0.1, -0.05) is 26.2 Å². The summed E-state index contributed by atoms with van der Waals surface area (Å²) in [6.07, 6.45) is 7.57. The third-order valence-electron chi connectivity index (χ3n) is 5.02. The molecule has 3 N–H and O–H groups in total. The number of amides is 1. The highest BCUT2D eigenvalue weighted by atomic mass is 35.5. The van der Waals surface area contributed by atoms with Crippen molar-refractivity contribution in [1.82, 2.24) is 5.32 Å². The van der Waals surface area contributed by atoms with Gasteiger partial charge in [0.15, 0.2) is 0 Å². The Balaban J connectivity index is 0.00000200. The highest BCUT2D eigenvalue weighted by molar-refractivity contribution is 5.85. The SMILES string of the molecule is CCC1CCCC(NC(=O)C2(CN)CCOCC2)C1.Cl. The molecule has 1 amide bonds. The fourth-order valence-corrected chi connectivity index (χ4v) is 3.42. The predicted octanol–water partition coefficient (Wildman–Crippen LogP) is 2.25. The number of halogens is 1. The monoisotopic (exact) mass is 304 g/mol. The van der Waals surface area contributed by atoms with Crippen molar-refractivity contribution in [3.05, 3.63) is 0 Å². The fourth-order valence-electron chi connectivity index (χ4n) is 3.42. The number of carbonyl (C=O) groups is 1. The maximum Gasteiger partial charge on any atom is 0.227 e. The van der Waals surface area contributed by atoms with E-state index in [0.717, 1.165) is 31.6 Å². The van der Waals surface area contributed by atoms with Crippen LogP contribution in [0.4, 0.5) is 0 Å². The zero-order chi connectivity index (χ0) is 13.7. The lowest BCUT2D eigenvalue weighted by Gasteiger charge is -2.37. The van der Waals surface area contributed by atoms with Crippen LogP contribution < -0.4 is 11.1 Å². The van der Waals surface area contributed by atoms with Crippen LogP contribution in [0.3, 0.4) is 0 Å². The molecule has 0 aromatic heterocycles. The molecule has 0 bridgehead atoms. The van der Waals surface area contributed by atoms with Gasteiger partial charge in [0.25, 0.3) is 0 Å². The Morgan fingerprint density at radius 1 is 1.35 bits per heavy atom. The van der Waals surface area contributed by atoms with E-state index in [9.17, 15) is 4.79 Å². The molecular weight excluding hydrogens is 276 g/mol. The second-order valence-corrected chi connectivity index (χ2v) is 6.21. The number of hydrogen-bond donors (Lipinski definition) is 2. The first-order valence-electron chi connectivity index (χ1n) is 7.79. The Labute approximate surface area is 128 Å². The van der Waals surface area contributed by atoms with Gasteiger partial charge in [-0.05, 0) is 31.6 Å². The van der Waals surface area contributed by atoms with Crippen molar-refractivity contribution in [2.45, 2.75) is 57.9 Å². The minimum atomic E-state index is -0.378. The second-order valence-electron chi connectivity index (χ2n) is 6.21. The molecule has 2 rings (SSSR count). The number of rotatable bonds is 4. The summed E-state index contributed by atoms with van der Waals surface area (Å²) in [6, 6.07) is 0.359. The maximum atomic E-state index is 12.6. The molecule has 0 aromatic rings. The summed E-state index contributed by atoms with van der Waals surface area (Å²) < 4.78 is 5.37. The molecular formula is C15H29ClN2O2. The van der Waals surface area contributed by atoms with E-state index in [4.69, 9.17) is 10.5 Å². The fraction of sp³-hybridized carbons (Fsp3) is 0.933. The molecule has 1 heterocycles. The highest BCUT2D eigenvalue weighted by Crippen LogP contribution is 2.31. The zero-order valence-corrected chi connectivity index (χ0v) is 13.3. The number of nitrogens with one attached hydrogen (secondary N) is 1. The van der Waals surface area contributed by atoms with E-state index >= 15 is 0 Å². The minimum absolute atomic E-state index is 0. The van der Waals surface area contributed by atoms with E-state index < -0.39 is 0 Å². The van der Waals surface area contributed by atoms with Crippen LogP contribution in [-0.2, 0) is 9.53 Å². The number of carbonyl (C=O) groups excluding carboxylic acids is 1. The normalized spacial score (nSPS) is 29.3. The molecule has 2 unspecified atom stereocenters. The summed E-state index contributed by atoms with van der Waals surface area (Å²) in [7, 11) is 0. The third kappa shape index (κ3) is 4.09. The molecule has 5 heteroatoms.